The monoisotopic (exact) mass is 533 g/mol. The van der Waals surface area contributed by atoms with Gasteiger partial charge in [-0.3, -0.25) is 9.52 Å². The minimum Gasteiger partial charge on any atom is -0.377 e. The number of rotatable bonds is 6. The van der Waals surface area contributed by atoms with Gasteiger partial charge in [-0.1, -0.05) is 37.0 Å². The minimum atomic E-state index is -3.73. The number of hydrogen-bond donors (Lipinski definition) is 2. The Kier molecular flexibility index (Phi) is 8.76. The quantitative estimate of drug-likeness (QED) is 0.565. The zero-order valence-electron chi connectivity index (χ0n) is 18.1. The van der Waals surface area contributed by atoms with Gasteiger partial charge in [0.15, 0.2) is 5.13 Å². The lowest BCUT2D eigenvalue weighted by Crippen LogP contribution is -2.17. The number of nitrogens with one attached hydrogen (secondary N) is 2. The zero-order chi connectivity index (χ0) is 24.1. The molecule has 2 unspecified atom stereocenters. The highest BCUT2D eigenvalue weighted by atomic mass is 35.5. The molecule has 1 aliphatic heterocycles. The molecular formula is C21H25Cl2N3O5S2. The van der Waals surface area contributed by atoms with Crippen LogP contribution in [0.5, 0.6) is 0 Å². The molecule has 1 aromatic heterocycles. The van der Waals surface area contributed by atoms with Crippen molar-refractivity contribution in [3.05, 3.63) is 46.4 Å². The van der Waals surface area contributed by atoms with Crippen LogP contribution in [-0.2, 0) is 24.3 Å². The van der Waals surface area contributed by atoms with Crippen LogP contribution in [-0.4, -0.2) is 45.7 Å². The van der Waals surface area contributed by atoms with E-state index < -0.39 is 10.0 Å². The lowest BCUT2D eigenvalue weighted by Gasteiger charge is -2.09. The maximum Gasteiger partial charge on any atom is 0.263 e. The van der Waals surface area contributed by atoms with Crippen molar-refractivity contribution in [1.29, 1.82) is 0 Å². The summed E-state index contributed by atoms with van der Waals surface area (Å²) < 4.78 is 37.1. The molecule has 0 spiro atoms. The van der Waals surface area contributed by atoms with E-state index in [1.54, 1.807) is 23.6 Å². The number of anilines is 2. The smallest absolute Gasteiger partial charge is 0.263 e. The molecule has 2 fully saturated rings. The van der Waals surface area contributed by atoms with Gasteiger partial charge < -0.3 is 14.8 Å². The number of allylic oxidation sites excluding steroid dienone is 1. The Labute approximate surface area is 207 Å². The van der Waals surface area contributed by atoms with Crippen LogP contribution in [0, 0.1) is 17.3 Å². The number of halogens is 2. The summed E-state index contributed by atoms with van der Waals surface area (Å²) in [6, 6.07) is 5.94. The molecule has 0 radical (unpaired) electrons. The molecule has 180 valence electrons. The van der Waals surface area contributed by atoms with E-state index in [0.717, 1.165) is 26.4 Å². The lowest BCUT2D eigenvalue weighted by molar-refractivity contribution is -0.118. The first-order valence-corrected chi connectivity index (χ1v) is 13.2. The molecule has 1 aromatic carbocycles. The van der Waals surface area contributed by atoms with E-state index in [0.29, 0.717) is 10.8 Å². The van der Waals surface area contributed by atoms with Crippen molar-refractivity contribution < 1.29 is 22.7 Å². The van der Waals surface area contributed by atoms with Crippen molar-refractivity contribution in [2.24, 2.45) is 17.3 Å². The van der Waals surface area contributed by atoms with Gasteiger partial charge in [-0.2, -0.15) is 0 Å². The van der Waals surface area contributed by atoms with Crippen molar-refractivity contribution in [3.63, 3.8) is 0 Å². The molecule has 8 nitrogen and oxygen atoms in total. The average Bonchev–Trinajstić information content (AvgIpc) is 3.07. The molecule has 2 atom stereocenters. The van der Waals surface area contributed by atoms with Crippen molar-refractivity contribution in [2.75, 3.05) is 36.5 Å². The van der Waals surface area contributed by atoms with Crippen molar-refractivity contribution in [1.82, 2.24) is 4.98 Å². The molecule has 2 aromatic rings. The van der Waals surface area contributed by atoms with Crippen molar-refractivity contribution >= 4 is 61.3 Å². The van der Waals surface area contributed by atoms with E-state index in [4.69, 9.17) is 32.7 Å². The van der Waals surface area contributed by atoms with E-state index >= 15 is 0 Å². The third-order valence-corrected chi connectivity index (χ3v) is 7.75. The maximum absolute atomic E-state index is 12.5. The summed E-state index contributed by atoms with van der Waals surface area (Å²) in [6.45, 7) is 7.05. The van der Waals surface area contributed by atoms with Crippen LogP contribution in [0.25, 0.3) is 0 Å². The van der Waals surface area contributed by atoms with Crippen LogP contribution < -0.4 is 10.0 Å². The molecule has 1 saturated carbocycles. The van der Waals surface area contributed by atoms with Gasteiger partial charge in [0.05, 0.1) is 37.2 Å². The molecule has 1 amide bonds. The van der Waals surface area contributed by atoms with Crippen molar-refractivity contribution in [2.45, 2.75) is 18.7 Å². The molecule has 2 N–H and O–H groups in total. The van der Waals surface area contributed by atoms with Crippen LogP contribution in [0.2, 0.25) is 0 Å². The predicted octanol–water partition coefficient (Wildman–Crippen LogP) is 4.51. The summed E-state index contributed by atoms with van der Waals surface area (Å²) in [4.78, 5) is 16.5. The number of hydrogen-bond acceptors (Lipinski definition) is 7. The Morgan fingerprint density at radius 3 is 2.24 bits per heavy atom. The molecule has 0 bridgehead atoms. The average molecular weight is 534 g/mol. The van der Waals surface area contributed by atoms with E-state index in [9.17, 15) is 13.2 Å². The van der Waals surface area contributed by atoms with Gasteiger partial charge >= 0.3 is 0 Å². The third kappa shape index (κ3) is 7.14. The fourth-order valence-corrected chi connectivity index (χ4v) is 5.51. The number of nitrogens with zero attached hydrogens (tertiary/aromatic N) is 1. The molecular weight excluding hydrogens is 509 g/mol. The lowest BCUT2D eigenvalue weighted by atomic mass is 10.1. The van der Waals surface area contributed by atoms with Gasteiger partial charge in [0.2, 0.25) is 5.91 Å². The second kappa shape index (κ2) is 11.2. The van der Waals surface area contributed by atoms with Gasteiger partial charge in [0.25, 0.3) is 10.0 Å². The number of ether oxygens (including phenoxy) is 2. The normalized spacial score (nSPS) is 21.2. The molecule has 4 rings (SSSR count). The maximum atomic E-state index is 12.5. The van der Waals surface area contributed by atoms with Crippen LogP contribution in [0.15, 0.2) is 51.3 Å². The Hall–Kier alpha value is -1.69. The van der Waals surface area contributed by atoms with E-state index in [1.807, 2.05) is 13.8 Å². The second-order valence-corrected chi connectivity index (χ2v) is 11.5. The Bertz CT molecular complexity index is 1050. The fourth-order valence-electron chi connectivity index (χ4n) is 3.45. The zero-order valence-corrected chi connectivity index (χ0v) is 21.2. The third-order valence-electron chi connectivity index (χ3n) is 5.33. The molecule has 1 aliphatic carbocycles. The molecule has 2 aliphatic rings. The molecule has 1 saturated heterocycles. The Balaban J connectivity index is 0.000000442. The standard InChI is InChI=1S/C17H17Cl2N3O3S2.C4H8O2/c1-17(2)12(9-13(18)19)14(17)15(23)21-10-3-5-11(6-4-10)27(24,25)22-16-20-7-8-26-16;1-2-6-4-3-5-1/h3-9,12,14H,1-2H3,(H,20,22)(H,21,23);1-4H2. The van der Waals surface area contributed by atoms with Crippen molar-refractivity contribution in [3.8, 4) is 0 Å². The SMILES string of the molecule is C1COCCO1.CC1(C)C(C=C(Cl)Cl)C1C(=O)Nc1ccc(S(=O)(=O)Nc2nccs2)cc1. The highest BCUT2D eigenvalue weighted by Gasteiger charge is 2.60. The first kappa shape index (κ1) is 25.9. The largest absolute Gasteiger partial charge is 0.377 e. The second-order valence-electron chi connectivity index (χ2n) is 7.96. The summed E-state index contributed by atoms with van der Waals surface area (Å²) in [7, 11) is -3.73. The minimum absolute atomic E-state index is 0.0374. The molecule has 2 heterocycles. The number of amides is 1. The Morgan fingerprint density at radius 1 is 1.15 bits per heavy atom. The van der Waals surface area contributed by atoms with Gasteiger partial charge in [0, 0.05) is 17.3 Å². The number of carbonyl (C=O) groups is 1. The van der Waals surface area contributed by atoms with Gasteiger partial charge in [0.1, 0.15) is 4.49 Å². The van der Waals surface area contributed by atoms with Gasteiger partial charge in [-0.15, -0.1) is 11.3 Å². The number of thiazole rings is 1. The molecule has 33 heavy (non-hydrogen) atoms. The van der Waals surface area contributed by atoms with Gasteiger partial charge in [-0.05, 0) is 41.7 Å². The first-order chi connectivity index (χ1) is 15.6. The first-order valence-electron chi connectivity index (χ1n) is 10.1. The highest BCUT2D eigenvalue weighted by Crippen LogP contribution is 2.60. The topological polar surface area (TPSA) is 107 Å². The summed E-state index contributed by atoms with van der Waals surface area (Å²) >= 11 is 12.6. The number of carbonyl (C=O) groups excluding carboxylic acids is 1. The highest BCUT2D eigenvalue weighted by molar-refractivity contribution is 7.93. The summed E-state index contributed by atoms with van der Waals surface area (Å²) in [5.74, 6) is -0.447. The van der Waals surface area contributed by atoms with E-state index in [-0.39, 0.29) is 32.5 Å². The predicted molar refractivity (Wildman–Crippen MR) is 130 cm³/mol. The number of sulfonamides is 1. The van der Waals surface area contributed by atoms with Crippen LogP contribution >= 0.6 is 34.5 Å². The van der Waals surface area contributed by atoms with E-state index in [1.165, 1.54) is 29.7 Å². The van der Waals surface area contributed by atoms with Crippen LogP contribution in [0.3, 0.4) is 0 Å². The number of benzene rings is 1. The van der Waals surface area contributed by atoms with Crippen LogP contribution in [0.4, 0.5) is 10.8 Å². The number of aromatic nitrogens is 1. The summed E-state index contributed by atoms with van der Waals surface area (Å²) in [6.07, 6.45) is 3.19. The summed E-state index contributed by atoms with van der Waals surface area (Å²) in [5, 5.41) is 4.78. The molecule has 12 heteroatoms. The summed E-state index contributed by atoms with van der Waals surface area (Å²) in [5.41, 5.74) is 0.274. The van der Waals surface area contributed by atoms with Gasteiger partial charge in [-0.25, -0.2) is 13.4 Å². The Morgan fingerprint density at radius 2 is 1.76 bits per heavy atom. The van der Waals surface area contributed by atoms with E-state index in [2.05, 4.69) is 15.0 Å². The van der Waals surface area contributed by atoms with Crippen LogP contribution in [0.1, 0.15) is 13.8 Å². The fraction of sp³-hybridized carbons (Fsp3) is 0.429.